The zero-order valence-corrected chi connectivity index (χ0v) is 23.7. The summed E-state index contributed by atoms with van der Waals surface area (Å²) in [6.45, 7) is 3.43. The van der Waals surface area contributed by atoms with Crippen molar-refractivity contribution in [2.75, 3.05) is 38.2 Å². The molecule has 11 heteroatoms. The van der Waals surface area contributed by atoms with Crippen molar-refractivity contribution in [1.82, 2.24) is 9.80 Å². The molecule has 0 unspecified atom stereocenters. The van der Waals surface area contributed by atoms with E-state index in [0.717, 1.165) is 43.0 Å². The molecule has 5 rings (SSSR count). The van der Waals surface area contributed by atoms with Crippen molar-refractivity contribution in [2.45, 2.75) is 38.6 Å². The van der Waals surface area contributed by atoms with Crippen LogP contribution in [-0.4, -0.2) is 66.7 Å². The minimum Gasteiger partial charge on any atom is -0.497 e. The van der Waals surface area contributed by atoms with E-state index in [2.05, 4.69) is 21.9 Å². The zero-order valence-electron chi connectivity index (χ0n) is 23.7. The molecule has 1 aliphatic carbocycles. The monoisotopic (exact) mass is 576 g/mol. The molecule has 1 saturated carbocycles. The number of anilines is 1. The van der Waals surface area contributed by atoms with Crippen molar-refractivity contribution in [2.24, 2.45) is 0 Å². The van der Waals surface area contributed by atoms with Crippen LogP contribution in [0.5, 0.6) is 5.75 Å². The Hall–Kier alpha value is -4.80. The smallest absolute Gasteiger partial charge is 0.410 e. The molecule has 1 heterocycles. The van der Waals surface area contributed by atoms with Gasteiger partial charge in [0.1, 0.15) is 19.0 Å². The molecule has 0 spiro atoms. The van der Waals surface area contributed by atoms with Gasteiger partial charge < -0.3 is 29.0 Å². The van der Waals surface area contributed by atoms with E-state index in [9.17, 15) is 19.7 Å². The highest BCUT2D eigenvalue weighted by atomic mass is 16.9. The van der Waals surface area contributed by atoms with Crippen LogP contribution in [0.4, 0.5) is 10.5 Å². The van der Waals surface area contributed by atoms with E-state index in [1.165, 1.54) is 18.4 Å². The Morgan fingerprint density at radius 1 is 0.905 bits per heavy atom. The van der Waals surface area contributed by atoms with Crippen LogP contribution in [0.15, 0.2) is 78.9 Å². The van der Waals surface area contributed by atoms with Crippen molar-refractivity contribution < 1.29 is 29.0 Å². The highest BCUT2D eigenvalue weighted by Gasteiger charge is 2.27. The van der Waals surface area contributed by atoms with Gasteiger partial charge >= 0.3 is 6.09 Å². The van der Waals surface area contributed by atoms with E-state index >= 15 is 0 Å². The first-order chi connectivity index (χ1) is 20.4. The van der Waals surface area contributed by atoms with Gasteiger partial charge in [0.2, 0.25) is 6.41 Å². The number of amides is 2. The largest absolute Gasteiger partial charge is 0.497 e. The highest BCUT2D eigenvalue weighted by molar-refractivity contribution is 5.68. The van der Waals surface area contributed by atoms with Crippen molar-refractivity contribution in [3.05, 3.63) is 106 Å². The molecule has 2 aliphatic rings. The van der Waals surface area contributed by atoms with Gasteiger partial charge in [-0.1, -0.05) is 54.6 Å². The average Bonchev–Trinajstić information content (AvgIpc) is 3.89. The molecular weight excluding hydrogens is 540 g/mol. The fourth-order valence-electron chi connectivity index (χ4n) is 4.49. The number of rotatable bonds is 11. The highest BCUT2D eigenvalue weighted by Crippen LogP contribution is 2.26. The third-order valence-corrected chi connectivity index (χ3v) is 7.06. The van der Waals surface area contributed by atoms with E-state index in [4.69, 9.17) is 9.47 Å². The van der Waals surface area contributed by atoms with Gasteiger partial charge in [0.15, 0.2) is 0 Å². The fraction of sp³-hybridized carbons (Fsp3) is 0.355. The molecular formula is C31H36N4O7. The first-order valence-electron chi connectivity index (χ1n) is 13.9. The van der Waals surface area contributed by atoms with Gasteiger partial charge in [0, 0.05) is 44.5 Å². The summed E-state index contributed by atoms with van der Waals surface area (Å²) < 4.78 is 10.6. The van der Waals surface area contributed by atoms with Crippen LogP contribution in [0.3, 0.4) is 0 Å². The molecule has 11 nitrogen and oxygen atoms in total. The van der Waals surface area contributed by atoms with Crippen LogP contribution in [0.1, 0.15) is 29.5 Å². The van der Waals surface area contributed by atoms with Crippen molar-refractivity contribution in [3.63, 3.8) is 0 Å². The number of piperazine rings is 1. The standard InChI is InChI=1S/C20H23N3O6.C11H13NO/c1-27-19-8-6-18(7-9-19)21-10-12-22(13-11-21)20(24)28-14-16-2-4-17(5-3-16)15-29-23(25)26;13-9-12(11-6-7-11)8-10-4-2-1-3-5-10/h2-9H,10-15H2,1H3;1-5,9,11H,6-8H2. The van der Waals surface area contributed by atoms with Gasteiger partial charge in [-0.25, -0.2) is 4.79 Å². The van der Waals surface area contributed by atoms with E-state index < -0.39 is 5.09 Å². The first-order valence-corrected chi connectivity index (χ1v) is 13.9. The van der Waals surface area contributed by atoms with Crippen LogP contribution in [0, 0.1) is 10.1 Å². The quantitative estimate of drug-likeness (QED) is 0.184. The van der Waals surface area contributed by atoms with Crippen LogP contribution in [0.25, 0.3) is 0 Å². The maximum absolute atomic E-state index is 12.3. The molecule has 0 atom stereocenters. The molecule has 3 aromatic carbocycles. The van der Waals surface area contributed by atoms with Crippen LogP contribution in [-0.2, 0) is 34.1 Å². The Morgan fingerprint density at radius 3 is 2.07 bits per heavy atom. The van der Waals surface area contributed by atoms with Crippen LogP contribution >= 0.6 is 0 Å². The maximum atomic E-state index is 12.3. The Morgan fingerprint density at radius 2 is 1.52 bits per heavy atom. The summed E-state index contributed by atoms with van der Waals surface area (Å²) in [5, 5.41) is 9.38. The molecule has 3 aromatic rings. The molecule has 222 valence electrons. The normalized spacial score (nSPS) is 14.2. The lowest BCUT2D eigenvalue weighted by Crippen LogP contribution is -2.48. The van der Waals surface area contributed by atoms with Crippen molar-refractivity contribution in [1.29, 1.82) is 0 Å². The number of hydrogen-bond acceptors (Lipinski definition) is 8. The molecule has 42 heavy (non-hydrogen) atoms. The number of nitrogens with zero attached hydrogens (tertiary/aromatic N) is 4. The minimum atomic E-state index is -0.829. The number of ether oxygens (including phenoxy) is 2. The number of hydrogen-bond donors (Lipinski definition) is 0. The van der Waals surface area contributed by atoms with Gasteiger partial charge in [-0.3, -0.25) is 4.79 Å². The van der Waals surface area contributed by atoms with E-state index in [1.54, 1.807) is 36.3 Å². The molecule has 1 aliphatic heterocycles. The predicted molar refractivity (Wildman–Crippen MR) is 156 cm³/mol. The zero-order chi connectivity index (χ0) is 29.7. The van der Waals surface area contributed by atoms with Crippen molar-refractivity contribution >= 4 is 18.2 Å². The minimum absolute atomic E-state index is 0.106. The lowest BCUT2D eigenvalue weighted by atomic mass is 10.1. The molecule has 1 saturated heterocycles. The average molecular weight is 577 g/mol. The molecule has 2 amide bonds. The molecule has 0 bridgehead atoms. The maximum Gasteiger partial charge on any atom is 0.410 e. The van der Waals surface area contributed by atoms with Gasteiger partial charge in [0.25, 0.3) is 5.09 Å². The number of benzene rings is 3. The third kappa shape index (κ3) is 9.39. The summed E-state index contributed by atoms with van der Waals surface area (Å²) >= 11 is 0. The second-order valence-electron chi connectivity index (χ2n) is 10.0. The lowest BCUT2D eigenvalue weighted by molar-refractivity contribution is -0.763. The van der Waals surface area contributed by atoms with Crippen LogP contribution in [0.2, 0.25) is 0 Å². The van der Waals surface area contributed by atoms with E-state index in [-0.39, 0.29) is 19.3 Å². The Kier molecular flexibility index (Phi) is 11.0. The third-order valence-electron chi connectivity index (χ3n) is 7.06. The predicted octanol–water partition coefficient (Wildman–Crippen LogP) is 4.67. The Balaban J connectivity index is 0.000000258. The summed E-state index contributed by atoms with van der Waals surface area (Å²) in [5.41, 5.74) is 3.79. The second kappa shape index (κ2) is 15.3. The fourth-order valence-corrected chi connectivity index (χ4v) is 4.49. The summed E-state index contributed by atoms with van der Waals surface area (Å²) in [4.78, 5) is 43.4. The molecule has 0 aromatic heterocycles. The number of carbonyl (C=O) groups excluding carboxylic acids is 2. The molecule has 2 fully saturated rings. The Labute approximate surface area is 245 Å². The van der Waals surface area contributed by atoms with E-state index in [0.29, 0.717) is 24.7 Å². The van der Waals surface area contributed by atoms with Gasteiger partial charge in [-0.2, -0.15) is 0 Å². The lowest BCUT2D eigenvalue weighted by Gasteiger charge is -2.35. The van der Waals surface area contributed by atoms with E-state index in [1.807, 2.05) is 47.4 Å². The van der Waals surface area contributed by atoms with Crippen LogP contribution < -0.4 is 9.64 Å². The topological polar surface area (TPSA) is 115 Å². The SMILES string of the molecule is COc1ccc(N2CCN(C(=O)OCc3ccc(CO[N+](=O)[O-])cc3)CC2)cc1.O=CN(Cc1ccccc1)C1CC1. The second-order valence-corrected chi connectivity index (χ2v) is 10.0. The summed E-state index contributed by atoms with van der Waals surface area (Å²) in [6.07, 6.45) is 2.96. The number of methoxy groups -OCH3 is 1. The van der Waals surface area contributed by atoms with Gasteiger partial charge in [-0.15, -0.1) is 10.1 Å². The molecule has 0 radical (unpaired) electrons. The number of carbonyl (C=O) groups is 2. The molecule has 0 N–H and O–H groups in total. The first kappa shape index (κ1) is 30.2. The van der Waals surface area contributed by atoms with Gasteiger partial charge in [-0.05, 0) is 53.8 Å². The summed E-state index contributed by atoms with van der Waals surface area (Å²) in [7, 11) is 1.64. The summed E-state index contributed by atoms with van der Waals surface area (Å²) in [6, 6.07) is 25.4. The van der Waals surface area contributed by atoms with Crippen molar-refractivity contribution in [3.8, 4) is 5.75 Å². The summed E-state index contributed by atoms with van der Waals surface area (Å²) in [5.74, 6) is 0.814. The van der Waals surface area contributed by atoms with Gasteiger partial charge in [0.05, 0.1) is 7.11 Å². The Bertz CT molecular complexity index is 1280.